The number of nitrogens with two attached hydrogens (primary N) is 2. The summed E-state index contributed by atoms with van der Waals surface area (Å²) in [4.78, 5) is 0. The van der Waals surface area contributed by atoms with Crippen LogP contribution < -0.4 is 11.5 Å². The van der Waals surface area contributed by atoms with Crippen LogP contribution in [0.2, 0.25) is 0 Å². The van der Waals surface area contributed by atoms with Crippen molar-refractivity contribution < 1.29 is 0 Å². The molecule has 3 rings (SSSR count). The van der Waals surface area contributed by atoms with E-state index in [0.717, 1.165) is 38.6 Å². The summed E-state index contributed by atoms with van der Waals surface area (Å²) in [6.07, 6.45) is 7.12. The van der Waals surface area contributed by atoms with Crippen LogP contribution in [0.1, 0.15) is 77.1 Å². The number of fused-ring (bicyclic) bond motifs is 3. The quantitative estimate of drug-likeness (QED) is 0.516. The van der Waals surface area contributed by atoms with Gasteiger partial charge in [0.15, 0.2) is 0 Å². The fourth-order valence-electron chi connectivity index (χ4n) is 3.34. The van der Waals surface area contributed by atoms with Gasteiger partial charge in [-0.25, -0.2) is 0 Å². The van der Waals surface area contributed by atoms with E-state index >= 15 is 0 Å². The second kappa shape index (κ2) is 12.2. The smallest absolute Gasteiger partial charge is 0.118 e. The average Bonchev–Trinajstić information content (AvgIpc) is 2.92. The first kappa shape index (κ1) is 26.6. The fraction of sp³-hybridized carbons (Fsp3) is 0.333. The van der Waals surface area contributed by atoms with Gasteiger partial charge in [-0.2, -0.15) is 0 Å². The Hall–Kier alpha value is -2.42. The molecule has 0 amide bonds. The maximum absolute atomic E-state index is 6.42. The third-order valence-electron chi connectivity index (χ3n) is 4.41. The standard InChI is InChI=1S/C20H20N2.C3H8.2C2H6/c1-5-9-17-14(6-2)15-10-7-8-11-16(15)18-12(3)13(4)20(21,22)19(17)18;1-3-2;2*1-2/h5-11H,2-4,21-22H2,1H3;3H2,1-2H3;2*1-2H3/b9-5-;;;. The molecule has 0 saturated carbocycles. The molecule has 1 aliphatic carbocycles. The summed E-state index contributed by atoms with van der Waals surface area (Å²) in [5.74, 6) is 0. The van der Waals surface area contributed by atoms with Crippen LogP contribution in [-0.4, -0.2) is 0 Å². The van der Waals surface area contributed by atoms with Crippen molar-refractivity contribution in [3.05, 3.63) is 77.9 Å². The summed E-state index contributed by atoms with van der Waals surface area (Å²) in [6, 6.07) is 8.18. The summed E-state index contributed by atoms with van der Waals surface area (Å²) in [5, 5.41) is 2.21. The Morgan fingerprint density at radius 2 is 1.41 bits per heavy atom. The molecule has 0 spiro atoms. The summed E-state index contributed by atoms with van der Waals surface area (Å²) in [5.41, 5.74) is 17.1. The Kier molecular flexibility index (Phi) is 11.2. The molecule has 0 aliphatic heterocycles. The molecule has 0 bridgehead atoms. The van der Waals surface area contributed by atoms with E-state index in [1.165, 1.54) is 6.42 Å². The molecule has 0 fully saturated rings. The van der Waals surface area contributed by atoms with Gasteiger partial charge in [0, 0.05) is 5.56 Å². The van der Waals surface area contributed by atoms with Gasteiger partial charge in [0.1, 0.15) is 5.66 Å². The first-order valence-corrected chi connectivity index (χ1v) is 10.7. The summed E-state index contributed by atoms with van der Waals surface area (Å²) < 4.78 is 0. The Bertz CT molecular complexity index is 883. The van der Waals surface area contributed by atoms with E-state index in [1.807, 2.05) is 65.0 Å². The highest BCUT2D eigenvalue weighted by Crippen LogP contribution is 2.49. The minimum Gasteiger partial charge on any atom is -0.306 e. The molecule has 29 heavy (non-hydrogen) atoms. The highest BCUT2D eigenvalue weighted by atomic mass is 15.0. The Balaban J connectivity index is 0.00000100. The Labute approximate surface area is 178 Å². The van der Waals surface area contributed by atoms with Crippen LogP contribution in [0.3, 0.4) is 0 Å². The molecule has 2 nitrogen and oxygen atoms in total. The van der Waals surface area contributed by atoms with Gasteiger partial charge in [0.05, 0.1) is 0 Å². The van der Waals surface area contributed by atoms with E-state index in [0.29, 0.717) is 5.57 Å². The molecular formula is C27H40N2. The van der Waals surface area contributed by atoms with Crippen molar-refractivity contribution in [2.75, 3.05) is 0 Å². The molecule has 0 atom stereocenters. The van der Waals surface area contributed by atoms with Gasteiger partial charge in [0.2, 0.25) is 0 Å². The third kappa shape index (κ3) is 4.95. The minimum absolute atomic E-state index is 0.666. The van der Waals surface area contributed by atoms with Crippen molar-refractivity contribution in [3.63, 3.8) is 0 Å². The fourth-order valence-corrected chi connectivity index (χ4v) is 3.34. The molecule has 158 valence electrons. The van der Waals surface area contributed by atoms with Gasteiger partial charge in [0.25, 0.3) is 0 Å². The van der Waals surface area contributed by atoms with E-state index in [1.54, 1.807) is 0 Å². The maximum atomic E-state index is 6.42. The van der Waals surface area contributed by atoms with E-state index in [-0.39, 0.29) is 0 Å². The minimum atomic E-state index is -1.11. The molecular weight excluding hydrogens is 352 g/mol. The predicted molar refractivity (Wildman–Crippen MR) is 136 cm³/mol. The van der Waals surface area contributed by atoms with Crippen LogP contribution in [0.4, 0.5) is 0 Å². The number of hydrogen-bond donors (Lipinski definition) is 2. The van der Waals surface area contributed by atoms with Crippen molar-refractivity contribution in [1.29, 1.82) is 0 Å². The second-order valence-electron chi connectivity index (χ2n) is 6.36. The predicted octanol–water partition coefficient (Wildman–Crippen LogP) is 7.64. The van der Waals surface area contributed by atoms with Crippen molar-refractivity contribution in [2.45, 2.75) is 60.5 Å². The lowest BCUT2D eigenvalue weighted by Crippen LogP contribution is -2.45. The van der Waals surface area contributed by atoms with E-state index in [2.05, 4.69) is 45.7 Å². The Morgan fingerprint density at radius 3 is 1.86 bits per heavy atom. The van der Waals surface area contributed by atoms with Gasteiger partial charge in [-0.1, -0.05) is 110 Å². The van der Waals surface area contributed by atoms with Gasteiger partial charge < -0.3 is 11.5 Å². The maximum Gasteiger partial charge on any atom is 0.118 e. The van der Waals surface area contributed by atoms with Crippen molar-refractivity contribution >= 4 is 28.5 Å². The first-order chi connectivity index (χ1) is 13.9. The topological polar surface area (TPSA) is 52.0 Å². The molecule has 1 aliphatic rings. The second-order valence-corrected chi connectivity index (χ2v) is 6.36. The summed E-state index contributed by atoms with van der Waals surface area (Å²) >= 11 is 0. The summed E-state index contributed by atoms with van der Waals surface area (Å²) in [6.45, 7) is 26.4. The lowest BCUT2D eigenvalue weighted by molar-refractivity contribution is 0.585. The SMILES string of the molecule is C=Cc1c(/C=C\C)c2c(c3ccccc13)C(=C)C(=C)C2(N)N.CC.CC.CCC. The van der Waals surface area contributed by atoms with Gasteiger partial charge in [-0.05, 0) is 45.5 Å². The van der Waals surface area contributed by atoms with Crippen LogP contribution in [-0.2, 0) is 5.66 Å². The van der Waals surface area contributed by atoms with Crippen molar-refractivity contribution in [2.24, 2.45) is 11.5 Å². The van der Waals surface area contributed by atoms with Crippen molar-refractivity contribution in [3.8, 4) is 0 Å². The molecule has 0 radical (unpaired) electrons. The normalized spacial score (nSPS) is 13.6. The lowest BCUT2D eigenvalue weighted by atomic mass is 9.87. The highest BCUT2D eigenvalue weighted by molar-refractivity contribution is 6.08. The zero-order chi connectivity index (χ0) is 22.8. The van der Waals surface area contributed by atoms with Gasteiger partial charge >= 0.3 is 0 Å². The highest BCUT2D eigenvalue weighted by Gasteiger charge is 2.41. The first-order valence-electron chi connectivity index (χ1n) is 10.7. The number of hydrogen-bond acceptors (Lipinski definition) is 2. The molecule has 0 unspecified atom stereocenters. The van der Waals surface area contributed by atoms with Gasteiger partial charge in [-0.3, -0.25) is 0 Å². The molecule has 4 N–H and O–H groups in total. The number of rotatable bonds is 2. The van der Waals surface area contributed by atoms with Gasteiger partial charge in [-0.15, -0.1) is 0 Å². The monoisotopic (exact) mass is 392 g/mol. The van der Waals surface area contributed by atoms with Crippen LogP contribution in [0.25, 0.3) is 28.5 Å². The van der Waals surface area contributed by atoms with Crippen LogP contribution >= 0.6 is 0 Å². The van der Waals surface area contributed by atoms with E-state index in [4.69, 9.17) is 11.5 Å². The molecule has 0 saturated heterocycles. The van der Waals surface area contributed by atoms with Crippen LogP contribution in [0, 0.1) is 0 Å². The molecule has 2 heteroatoms. The largest absolute Gasteiger partial charge is 0.306 e. The molecule has 0 aromatic heterocycles. The van der Waals surface area contributed by atoms with Crippen LogP contribution in [0.15, 0.2) is 55.7 Å². The molecule has 2 aromatic carbocycles. The number of allylic oxidation sites excluding steroid dienone is 1. The van der Waals surface area contributed by atoms with Crippen molar-refractivity contribution in [1.82, 2.24) is 0 Å². The zero-order valence-corrected chi connectivity index (χ0v) is 19.5. The lowest BCUT2D eigenvalue weighted by Gasteiger charge is -2.24. The molecule has 0 heterocycles. The zero-order valence-electron chi connectivity index (χ0n) is 19.5. The van der Waals surface area contributed by atoms with E-state index in [9.17, 15) is 0 Å². The number of benzene rings is 2. The third-order valence-corrected chi connectivity index (χ3v) is 4.41. The average molecular weight is 393 g/mol. The molecule has 2 aromatic rings. The van der Waals surface area contributed by atoms with E-state index < -0.39 is 5.66 Å². The summed E-state index contributed by atoms with van der Waals surface area (Å²) in [7, 11) is 0. The Morgan fingerprint density at radius 1 is 0.931 bits per heavy atom. The van der Waals surface area contributed by atoms with Crippen LogP contribution in [0.5, 0.6) is 0 Å².